The minimum atomic E-state index is -0.238. The molecule has 7 heteroatoms. The van der Waals surface area contributed by atoms with Crippen LogP contribution in [-0.2, 0) is 6.42 Å². The van der Waals surface area contributed by atoms with Gasteiger partial charge in [-0.1, -0.05) is 0 Å². The zero-order chi connectivity index (χ0) is 19.0. The first-order valence-electron chi connectivity index (χ1n) is 8.33. The van der Waals surface area contributed by atoms with E-state index >= 15 is 0 Å². The van der Waals surface area contributed by atoms with Crippen LogP contribution < -0.4 is 19.5 Å². The topological polar surface area (TPSA) is 69.7 Å². The van der Waals surface area contributed by atoms with E-state index in [0.29, 0.717) is 22.2 Å². The molecule has 0 atom stereocenters. The van der Waals surface area contributed by atoms with Crippen molar-refractivity contribution >= 4 is 22.4 Å². The Morgan fingerprint density at radius 1 is 1.04 bits per heavy atom. The molecule has 0 fully saturated rings. The molecule has 0 saturated heterocycles. The van der Waals surface area contributed by atoms with E-state index in [1.165, 1.54) is 24.0 Å². The van der Waals surface area contributed by atoms with Crippen LogP contribution in [0.1, 0.15) is 20.8 Å². The Bertz CT molecular complexity index is 1030. The number of nitrogens with zero attached hydrogens (tertiary/aromatic N) is 1. The molecular formula is C20H18N2O4S. The molecule has 1 aliphatic carbocycles. The van der Waals surface area contributed by atoms with E-state index in [4.69, 9.17) is 14.2 Å². The number of carbonyl (C=O) groups excluding carboxylic acids is 1. The van der Waals surface area contributed by atoms with E-state index in [1.807, 2.05) is 18.2 Å². The number of hydrogen-bond donors (Lipinski definition) is 1. The molecule has 2 aromatic carbocycles. The average Bonchev–Trinajstić information content (AvgIpc) is 3.23. The summed E-state index contributed by atoms with van der Waals surface area (Å²) >= 11 is 1.49. The van der Waals surface area contributed by atoms with Crippen molar-refractivity contribution < 1.29 is 19.0 Å². The molecule has 1 amide bonds. The van der Waals surface area contributed by atoms with E-state index in [0.717, 1.165) is 28.3 Å². The first kappa shape index (κ1) is 17.4. The highest BCUT2D eigenvalue weighted by atomic mass is 32.1. The summed E-state index contributed by atoms with van der Waals surface area (Å²) in [5, 5.41) is 3.46. The van der Waals surface area contributed by atoms with E-state index in [1.54, 1.807) is 32.4 Å². The van der Waals surface area contributed by atoms with Gasteiger partial charge in [0.1, 0.15) is 5.75 Å². The maximum Gasteiger partial charge on any atom is 0.257 e. The molecule has 4 rings (SSSR count). The molecule has 0 aliphatic heterocycles. The van der Waals surface area contributed by atoms with Crippen molar-refractivity contribution in [2.45, 2.75) is 6.42 Å². The van der Waals surface area contributed by atoms with Gasteiger partial charge in [0.15, 0.2) is 16.6 Å². The number of rotatable bonds is 5. The van der Waals surface area contributed by atoms with Crippen LogP contribution >= 0.6 is 11.3 Å². The summed E-state index contributed by atoms with van der Waals surface area (Å²) in [6.45, 7) is 0. The minimum Gasteiger partial charge on any atom is -0.497 e. The molecule has 0 bridgehead atoms. The molecule has 1 N–H and O–H groups in total. The third-order valence-electron chi connectivity index (χ3n) is 4.48. The largest absolute Gasteiger partial charge is 0.497 e. The highest BCUT2D eigenvalue weighted by Crippen LogP contribution is 2.42. The fourth-order valence-electron chi connectivity index (χ4n) is 3.13. The van der Waals surface area contributed by atoms with Crippen LogP contribution in [0.5, 0.6) is 17.2 Å². The molecular weight excluding hydrogens is 364 g/mol. The zero-order valence-corrected chi connectivity index (χ0v) is 16.0. The lowest BCUT2D eigenvalue weighted by molar-refractivity contribution is 0.102. The fraction of sp³-hybridized carbons (Fsp3) is 0.200. The average molecular weight is 382 g/mol. The number of hydrogen-bond acceptors (Lipinski definition) is 6. The number of benzene rings is 2. The van der Waals surface area contributed by atoms with E-state index in [-0.39, 0.29) is 5.91 Å². The summed E-state index contributed by atoms with van der Waals surface area (Å²) in [5.74, 6) is 1.69. The van der Waals surface area contributed by atoms with Gasteiger partial charge in [-0.3, -0.25) is 10.1 Å². The second-order valence-electron chi connectivity index (χ2n) is 6.01. The Balaban J connectivity index is 1.56. The van der Waals surface area contributed by atoms with Gasteiger partial charge >= 0.3 is 0 Å². The smallest absolute Gasteiger partial charge is 0.257 e. The number of thiazole rings is 1. The van der Waals surface area contributed by atoms with Crippen molar-refractivity contribution in [2.75, 3.05) is 26.6 Å². The molecule has 0 spiro atoms. The van der Waals surface area contributed by atoms with Crippen molar-refractivity contribution in [3.8, 4) is 28.5 Å². The standard InChI is InChI=1S/C20H18N2O4S/c1-24-13-5-6-14-12(8-13)10-17-18(14)21-20(27-17)22-19(23)11-4-7-15(25-2)16(9-11)26-3/h4-9H,10H2,1-3H3,(H,21,22,23). The number of amides is 1. The predicted molar refractivity (Wildman–Crippen MR) is 104 cm³/mol. The minimum absolute atomic E-state index is 0.238. The summed E-state index contributed by atoms with van der Waals surface area (Å²) in [6, 6.07) is 11.0. The maximum absolute atomic E-state index is 12.6. The summed E-state index contributed by atoms with van der Waals surface area (Å²) in [4.78, 5) is 18.3. The van der Waals surface area contributed by atoms with Crippen LogP contribution in [0.15, 0.2) is 36.4 Å². The Kier molecular flexibility index (Phi) is 4.45. The van der Waals surface area contributed by atoms with E-state index in [9.17, 15) is 4.79 Å². The predicted octanol–water partition coefficient (Wildman–Crippen LogP) is 3.99. The van der Waals surface area contributed by atoms with Gasteiger partial charge in [0.05, 0.1) is 27.0 Å². The lowest BCUT2D eigenvalue weighted by atomic mass is 10.1. The van der Waals surface area contributed by atoms with Crippen molar-refractivity contribution in [1.82, 2.24) is 4.98 Å². The number of fused-ring (bicyclic) bond motifs is 3. The van der Waals surface area contributed by atoms with Gasteiger partial charge in [0, 0.05) is 22.4 Å². The molecule has 0 saturated carbocycles. The molecule has 1 aliphatic rings. The van der Waals surface area contributed by atoms with Crippen LogP contribution in [0.4, 0.5) is 5.13 Å². The van der Waals surface area contributed by atoms with Gasteiger partial charge in [-0.05, 0) is 42.0 Å². The van der Waals surface area contributed by atoms with Gasteiger partial charge in [-0.2, -0.15) is 0 Å². The van der Waals surface area contributed by atoms with Gasteiger partial charge in [0.25, 0.3) is 5.91 Å². The number of methoxy groups -OCH3 is 3. The fourth-order valence-corrected chi connectivity index (χ4v) is 4.12. The Labute approximate surface area is 160 Å². The summed E-state index contributed by atoms with van der Waals surface area (Å²) in [6.07, 6.45) is 0.797. The van der Waals surface area contributed by atoms with Crippen LogP contribution in [0.3, 0.4) is 0 Å². The summed E-state index contributed by atoms with van der Waals surface area (Å²) in [5.41, 5.74) is 3.70. The number of aromatic nitrogens is 1. The number of ether oxygens (including phenoxy) is 3. The third kappa shape index (κ3) is 3.10. The maximum atomic E-state index is 12.6. The highest BCUT2D eigenvalue weighted by Gasteiger charge is 2.24. The molecule has 1 heterocycles. The molecule has 138 valence electrons. The van der Waals surface area contributed by atoms with Gasteiger partial charge < -0.3 is 14.2 Å². The van der Waals surface area contributed by atoms with Crippen molar-refractivity contribution in [2.24, 2.45) is 0 Å². The Hall–Kier alpha value is -3.06. The lowest BCUT2D eigenvalue weighted by Crippen LogP contribution is -2.12. The SMILES string of the molecule is COc1ccc2c(c1)Cc1sc(NC(=O)c3ccc(OC)c(OC)c3)nc1-2. The number of anilines is 1. The second kappa shape index (κ2) is 6.92. The first-order valence-corrected chi connectivity index (χ1v) is 9.15. The van der Waals surface area contributed by atoms with E-state index in [2.05, 4.69) is 10.3 Å². The van der Waals surface area contributed by atoms with Crippen LogP contribution in [-0.4, -0.2) is 32.2 Å². The monoisotopic (exact) mass is 382 g/mol. The molecule has 0 unspecified atom stereocenters. The van der Waals surface area contributed by atoms with Crippen molar-refractivity contribution in [3.05, 3.63) is 52.4 Å². The van der Waals surface area contributed by atoms with Gasteiger partial charge in [-0.25, -0.2) is 4.98 Å². The summed E-state index contributed by atoms with van der Waals surface area (Å²) in [7, 11) is 4.76. The second-order valence-corrected chi connectivity index (χ2v) is 7.10. The normalized spacial score (nSPS) is 11.5. The van der Waals surface area contributed by atoms with Crippen LogP contribution in [0.25, 0.3) is 11.3 Å². The number of nitrogens with one attached hydrogen (secondary N) is 1. The Morgan fingerprint density at radius 3 is 2.59 bits per heavy atom. The molecule has 27 heavy (non-hydrogen) atoms. The Morgan fingerprint density at radius 2 is 1.85 bits per heavy atom. The lowest BCUT2D eigenvalue weighted by Gasteiger charge is -2.09. The molecule has 0 radical (unpaired) electrons. The highest BCUT2D eigenvalue weighted by molar-refractivity contribution is 7.16. The first-order chi connectivity index (χ1) is 13.1. The quantitative estimate of drug-likeness (QED) is 0.565. The molecule has 3 aromatic rings. The van der Waals surface area contributed by atoms with Gasteiger partial charge in [0.2, 0.25) is 0 Å². The third-order valence-corrected chi connectivity index (χ3v) is 5.45. The van der Waals surface area contributed by atoms with Crippen LogP contribution in [0.2, 0.25) is 0 Å². The van der Waals surface area contributed by atoms with Crippen molar-refractivity contribution in [3.63, 3.8) is 0 Å². The zero-order valence-electron chi connectivity index (χ0n) is 15.2. The summed E-state index contributed by atoms with van der Waals surface area (Å²) < 4.78 is 15.7. The molecule has 1 aromatic heterocycles. The van der Waals surface area contributed by atoms with E-state index < -0.39 is 0 Å². The van der Waals surface area contributed by atoms with Crippen LogP contribution in [0, 0.1) is 0 Å². The number of carbonyl (C=O) groups is 1. The van der Waals surface area contributed by atoms with Crippen molar-refractivity contribution in [1.29, 1.82) is 0 Å². The molecule has 6 nitrogen and oxygen atoms in total. The van der Waals surface area contributed by atoms with Gasteiger partial charge in [-0.15, -0.1) is 11.3 Å².